The van der Waals surface area contributed by atoms with E-state index in [0.29, 0.717) is 18.8 Å². The van der Waals surface area contributed by atoms with Gasteiger partial charge >= 0.3 is 5.97 Å². The minimum absolute atomic E-state index is 0.175. The number of rotatable bonds is 8. The second-order valence-electron chi connectivity index (χ2n) is 6.75. The molecule has 0 unspecified atom stereocenters. The van der Waals surface area contributed by atoms with E-state index in [9.17, 15) is 14.9 Å². The van der Waals surface area contributed by atoms with Crippen LogP contribution in [0.3, 0.4) is 0 Å². The van der Waals surface area contributed by atoms with E-state index in [1.807, 2.05) is 49.6 Å². The Morgan fingerprint density at radius 1 is 1.27 bits per heavy atom. The Bertz CT molecular complexity index is 1020. The number of methoxy groups -OCH3 is 1. The van der Waals surface area contributed by atoms with E-state index in [4.69, 9.17) is 9.47 Å². The number of nitriles is 1. The van der Waals surface area contributed by atoms with Crippen molar-refractivity contribution in [1.29, 1.82) is 5.26 Å². The summed E-state index contributed by atoms with van der Waals surface area (Å²) in [5.41, 5.74) is 4.07. The third-order valence-electron chi connectivity index (χ3n) is 4.51. The molecule has 0 fully saturated rings. The van der Waals surface area contributed by atoms with E-state index in [-0.39, 0.29) is 5.57 Å². The first-order valence-corrected chi connectivity index (χ1v) is 10.1. The summed E-state index contributed by atoms with van der Waals surface area (Å²) in [5.74, 6) is -1.35. The van der Waals surface area contributed by atoms with Crippen LogP contribution >= 0.6 is 15.9 Å². The van der Waals surface area contributed by atoms with Crippen molar-refractivity contribution < 1.29 is 19.1 Å². The highest BCUT2D eigenvalue weighted by atomic mass is 79.9. The molecule has 1 aromatic carbocycles. The third-order valence-corrected chi connectivity index (χ3v) is 5.16. The number of carbonyl (C=O) groups is 2. The third kappa shape index (κ3) is 6.05. The second-order valence-corrected chi connectivity index (χ2v) is 7.60. The molecule has 0 bridgehead atoms. The lowest BCUT2D eigenvalue weighted by molar-refractivity contribution is -0.142. The van der Waals surface area contributed by atoms with E-state index < -0.39 is 18.5 Å². The van der Waals surface area contributed by atoms with Crippen molar-refractivity contribution in [2.24, 2.45) is 0 Å². The number of aryl methyl sites for hydroxylation is 2. The number of carbonyl (C=O) groups excluding carboxylic acids is 2. The summed E-state index contributed by atoms with van der Waals surface area (Å²) >= 11 is 3.37. The Morgan fingerprint density at radius 3 is 2.63 bits per heavy atom. The number of hydrogen-bond acceptors (Lipinski definition) is 5. The van der Waals surface area contributed by atoms with Gasteiger partial charge in [0.25, 0.3) is 5.91 Å². The van der Waals surface area contributed by atoms with Gasteiger partial charge in [-0.3, -0.25) is 4.79 Å². The molecule has 0 saturated carbocycles. The molecule has 8 heteroatoms. The molecule has 7 nitrogen and oxygen atoms in total. The van der Waals surface area contributed by atoms with E-state index in [1.54, 1.807) is 13.2 Å². The number of esters is 1. The monoisotopic (exact) mass is 473 g/mol. The maximum absolute atomic E-state index is 12.3. The van der Waals surface area contributed by atoms with Gasteiger partial charge in [-0.2, -0.15) is 5.26 Å². The number of aromatic nitrogens is 1. The van der Waals surface area contributed by atoms with Crippen molar-refractivity contribution in [1.82, 2.24) is 4.57 Å². The molecule has 0 radical (unpaired) electrons. The summed E-state index contributed by atoms with van der Waals surface area (Å²) in [6.45, 7) is 6.51. The molecular formula is C22H24BrN3O4. The minimum Gasteiger partial charge on any atom is -0.451 e. The maximum Gasteiger partial charge on any atom is 0.349 e. The average molecular weight is 474 g/mol. The molecule has 0 saturated heterocycles. The van der Waals surface area contributed by atoms with E-state index in [2.05, 4.69) is 21.2 Å². The van der Waals surface area contributed by atoms with Crippen molar-refractivity contribution in [3.05, 3.63) is 56.8 Å². The number of benzene rings is 1. The van der Waals surface area contributed by atoms with Gasteiger partial charge in [-0.05, 0) is 72.1 Å². The van der Waals surface area contributed by atoms with Crippen molar-refractivity contribution in [2.45, 2.75) is 27.3 Å². The number of nitrogens with zero attached hydrogens (tertiary/aromatic N) is 2. The molecule has 0 aliphatic rings. The van der Waals surface area contributed by atoms with Gasteiger partial charge in [-0.1, -0.05) is 6.07 Å². The topological polar surface area (TPSA) is 93.3 Å². The van der Waals surface area contributed by atoms with Crippen LogP contribution in [0.5, 0.6) is 0 Å². The largest absolute Gasteiger partial charge is 0.451 e. The van der Waals surface area contributed by atoms with Crippen LogP contribution in [0.2, 0.25) is 0 Å². The number of ether oxygens (including phenoxy) is 2. The molecule has 2 aromatic rings. The van der Waals surface area contributed by atoms with Crippen molar-refractivity contribution >= 4 is 39.6 Å². The highest BCUT2D eigenvalue weighted by molar-refractivity contribution is 9.10. The van der Waals surface area contributed by atoms with Crippen LogP contribution in [-0.2, 0) is 25.6 Å². The highest BCUT2D eigenvalue weighted by Crippen LogP contribution is 2.23. The summed E-state index contributed by atoms with van der Waals surface area (Å²) in [6.07, 6.45) is 1.47. The molecule has 30 heavy (non-hydrogen) atoms. The molecule has 0 atom stereocenters. The molecule has 0 aliphatic heterocycles. The van der Waals surface area contributed by atoms with Gasteiger partial charge in [0.1, 0.15) is 11.6 Å². The number of hydrogen-bond donors (Lipinski definition) is 1. The maximum atomic E-state index is 12.3. The second kappa shape index (κ2) is 10.8. The van der Waals surface area contributed by atoms with Crippen LogP contribution in [0.4, 0.5) is 5.69 Å². The Hall–Kier alpha value is -2.89. The van der Waals surface area contributed by atoms with Gasteiger partial charge in [-0.25, -0.2) is 4.79 Å². The number of halogens is 1. The molecule has 0 aliphatic carbocycles. The summed E-state index contributed by atoms with van der Waals surface area (Å²) in [7, 11) is 1.63. The lowest BCUT2D eigenvalue weighted by atomic mass is 10.1. The number of nitrogens with one attached hydrogen (secondary N) is 1. The molecule has 1 aromatic heterocycles. The van der Waals surface area contributed by atoms with E-state index in [0.717, 1.165) is 27.0 Å². The zero-order chi connectivity index (χ0) is 22.3. The number of amides is 1. The lowest BCUT2D eigenvalue weighted by Gasteiger charge is -2.09. The first kappa shape index (κ1) is 23.4. The fraction of sp³-hybridized carbons (Fsp3) is 0.318. The zero-order valence-corrected chi connectivity index (χ0v) is 19.0. The summed E-state index contributed by atoms with van der Waals surface area (Å²) in [4.78, 5) is 24.4. The Labute approximate surface area is 184 Å². The SMILES string of the molecule is COCCn1c(C)cc(/C=C(\C#N)C(=O)OCC(=O)Nc2ccc(C)cc2Br)c1C. The van der Waals surface area contributed by atoms with Crippen molar-refractivity contribution in [2.75, 3.05) is 25.6 Å². The van der Waals surface area contributed by atoms with Crippen LogP contribution < -0.4 is 5.32 Å². The first-order chi connectivity index (χ1) is 14.3. The van der Waals surface area contributed by atoms with Gasteiger partial charge in [0.05, 0.1) is 12.3 Å². The summed E-state index contributed by atoms with van der Waals surface area (Å²) in [5, 5.41) is 12.0. The molecule has 1 heterocycles. The fourth-order valence-corrected chi connectivity index (χ4v) is 3.50. The van der Waals surface area contributed by atoms with Gasteiger partial charge in [0.2, 0.25) is 0 Å². The average Bonchev–Trinajstić information content (AvgIpc) is 2.97. The lowest BCUT2D eigenvalue weighted by Crippen LogP contribution is -2.21. The zero-order valence-electron chi connectivity index (χ0n) is 17.4. The summed E-state index contributed by atoms with van der Waals surface area (Å²) < 4.78 is 12.9. The Morgan fingerprint density at radius 2 is 2.00 bits per heavy atom. The highest BCUT2D eigenvalue weighted by Gasteiger charge is 2.16. The minimum atomic E-state index is -0.850. The van der Waals surface area contributed by atoms with Crippen LogP contribution in [-0.4, -0.2) is 36.8 Å². The normalized spacial score (nSPS) is 11.1. The molecule has 1 amide bonds. The Balaban J connectivity index is 2.04. The molecule has 0 spiro atoms. The molecule has 2 rings (SSSR count). The number of anilines is 1. The smallest absolute Gasteiger partial charge is 0.349 e. The van der Waals surface area contributed by atoms with Gasteiger partial charge < -0.3 is 19.4 Å². The van der Waals surface area contributed by atoms with E-state index in [1.165, 1.54) is 6.08 Å². The van der Waals surface area contributed by atoms with Gasteiger partial charge in [0, 0.05) is 29.5 Å². The molecular weight excluding hydrogens is 450 g/mol. The van der Waals surface area contributed by atoms with Crippen LogP contribution in [0.15, 0.2) is 34.3 Å². The molecule has 1 N–H and O–H groups in total. The standard InChI is InChI=1S/C22H24BrN3O4/c1-14-5-6-20(19(23)9-14)25-21(27)13-30-22(28)18(12-24)11-17-10-15(2)26(16(17)3)7-8-29-4/h5-6,9-11H,7-8,13H2,1-4H3,(H,25,27)/b18-11+. The Kier molecular flexibility index (Phi) is 8.39. The van der Waals surface area contributed by atoms with Crippen LogP contribution in [0.25, 0.3) is 6.08 Å². The van der Waals surface area contributed by atoms with Crippen molar-refractivity contribution in [3.8, 4) is 6.07 Å². The quantitative estimate of drug-likeness (QED) is 0.356. The predicted octanol–water partition coefficient (Wildman–Crippen LogP) is 3.91. The van der Waals surface area contributed by atoms with Crippen molar-refractivity contribution in [3.63, 3.8) is 0 Å². The van der Waals surface area contributed by atoms with Crippen LogP contribution in [0.1, 0.15) is 22.5 Å². The predicted molar refractivity (Wildman–Crippen MR) is 118 cm³/mol. The first-order valence-electron chi connectivity index (χ1n) is 9.27. The van der Waals surface area contributed by atoms with Gasteiger partial charge in [-0.15, -0.1) is 0 Å². The summed E-state index contributed by atoms with van der Waals surface area (Å²) in [6, 6.07) is 9.20. The molecule has 158 valence electrons. The van der Waals surface area contributed by atoms with Crippen LogP contribution in [0, 0.1) is 32.1 Å². The van der Waals surface area contributed by atoms with Gasteiger partial charge in [0.15, 0.2) is 6.61 Å². The van der Waals surface area contributed by atoms with E-state index >= 15 is 0 Å². The fourth-order valence-electron chi connectivity index (χ4n) is 2.91.